The summed E-state index contributed by atoms with van der Waals surface area (Å²) in [5, 5.41) is 1.25. The van der Waals surface area contributed by atoms with Crippen molar-refractivity contribution < 1.29 is 22.1 Å². The summed E-state index contributed by atoms with van der Waals surface area (Å²) in [6.45, 7) is 0. The molecule has 0 fully saturated rings. The molecule has 2 aromatic rings. The number of hydrogen-bond donors (Lipinski definition) is 0. The van der Waals surface area contributed by atoms with Crippen LogP contribution in [0.15, 0.2) is 42.6 Å². The molecule has 0 radical (unpaired) electrons. The zero-order valence-corrected chi connectivity index (χ0v) is 9.40. The van der Waals surface area contributed by atoms with Crippen molar-refractivity contribution in [2.24, 2.45) is 0 Å². The van der Waals surface area contributed by atoms with E-state index in [0.29, 0.717) is 0 Å². The zero-order valence-electron chi connectivity index (χ0n) is 8.58. The SMILES string of the molecule is COS(=O)(=O)[O-].c1ccc2[nH+]cccc2c1. The molecule has 6 heteroatoms. The summed E-state index contributed by atoms with van der Waals surface area (Å²) < 4.78 is 31.0. The summed E-state index contributed by atoms with van der Waals surface area (Å²) in [5.41, 5.74) is 1.19. The van der Waals surface area contributed by atoms with E-state index in [-0.39, 0.29) is 0 Å². The molecule has 1 N–H and O–H groups in total. The Bertz CT molecular complexity index is 488. The first kappa shape index (κ1) is 12.6. The van der Waals surface area contributed by atoms with Gasteiger partial charge < -0.3 is 4.55 Å². The van der Waals surface area contributed by atoms with Crippen LogP contribution in [0.3, 0.4) is 0 Å². The Labute approximate surface area is 93.7 Å². The average Bonchev–Trinajstić information content (AvgIpc) is 2.29. The van der Waals surface area contributed by atoms with Crippen LogP contribution in [0, 0.1) is 0 Å². The van der Waals surface area contributed by atoms with Crippen LogP contribution in [-0.2, 0) is 14.6 Å². The van der Waals surface area contributed by atoms with Crippen LogP contribution in [-0.4, -0.2) is 20.1 Å². The van der Waals surface area contributed by atoms with Crippen LogP contribution in [0.2, 0.25) is 0 Å². The van der Waals surface area contributed by atoms with E-state index >= 15 is 0 Å². The molecule has 1 heterocycles. The molecule has 0 bridgehead atoms. The summed E-state index contributed by atoms with van der Waals surface area (Å²) >= 11 is 0. The van der Waals surface area contributed by atoms with E-state index in [9.17, 15) is 13.0 Å². The standard InChI is InChI=1S/C9H7N.CH4O4S/c1-2-6-9-8(4-1)5-3-7-10-9;1-5-6(2,3)4/h1-7H;1H3,(H,2,3,4). The number of aromatic amines is 1. The van der Waals surface area contributed by atoms with Crippen molar-refractivity contribution in [3.8, 4) is 0 Å². The molecule has 86 valence electrons. The van der Waals surface area contributed by atoms with Crippen LogP contribution in [0.5, 0.6) is 0 Å². The second-order valence-corrected chi connectivity index (χ2v) is 3.98. The van der Waals surface area contributed by atoms with E-state index in [1.165, 1.54) is 10.9 Å². The summed E-state index contributed by atoms with van der Waals surface area (Å²) in [5.74, 6) is 0. The third-order valence-corrected chi connectivity index (χ3v) is 2.18. The zero-order chi connectivity index (χ0) is 12.0. The molecule has 0 aliphatic heterocycles. The monoisotopic (exact) mass is 241 g/mol. The van der Waals surface area contributed by atoms with Crippen LogP contribution in [0.4, 0.5) is 0 Å². The van der Waals surface area contributed by atoms with Crippen molar-refractivity contribution in [1.29, 1.82) is 0 Å². The van der Waals surface area contributed by atoms with Crippen molar-refractivity contribution in [2.45, 2.75) is 0 Å². The fourth-order valence-corrected chi connectivity index (χ4v) is 1.06. The highest BCUT2D eigenvalue weighted by molar-refractivity contribution is 7.80. The van der Waals surface area contributed by atoms with Crippen molar-refractivity contribution in [1.82, 2.24) is 0 Å². The Morgan fingerprint density at radius 3 is 2.31 bits per heavy atom. The molecule has 0 amide bonds. The maximum Gasteiger partial charge on any atom is 0.217 e. The summed E-state index contributed by atoms with van der Waals surface area (Å²) in [6.07, 6.45) is 1.93. The number of fused-ring (bicyclic) bond motifs is 1. The predicted octanol–water partition coefficient (Wildman–Crippen LogP) is 0.747. The lowest BCUT2D eigenvalue weighted by Gasteiger charge is -1.98. The maximum absolute atomic E-state index is 9.22. The minimum atomic E-state index is -4.41. The number of nitrogens with one attached hydrogen (secondary N) is 1. The molecule has 0 atom stereocenters. The number of pyridine rings is 1. The van der Waals surface area contributed by atoms with Gasteiger partial charge in [0.25, 0.3) is 0 Å². The van der Waals surface area contributed by atoms with E-state index in [1.54, 1.807) is 0 Å². The lowest BCUT2D eigenvalue weighted by molar-refractivity contribution is -0.344. The first-order valence-electron chi connectivity index (χ1n) is 4.40. The van der Waals surface area contributed by atoms with Gasteiger partial charge in [-0.3, -0.25) is 4.18 Å². The molecule has 16 heavy (non-hydrogen) atoms. The van der Waals surface area contributed by atoms with Crippen LogP contribution in [0.25, 0.3) is 10.9 Å². The van der Waals surface area contributed by atoms with Gasteiger partial charge in [-0.2, -0.15) is 0 Å². The maximum atomic E-state index is 9.22. The largest absolute Gasteiger partial charge is 0.726 e. The molecule has 0 saturated carbocycles. The van der Waals surface area contributed by atoms with Gasteiger partial charge in [-0.25, -0.2) is 13.4 Å². The highest BCUT2D eigenvalue weighted by Gasteiger charge is 1.92. The minimum Gasteiger partial charge on any atom is -0.726 e. The fourth-order valence-electron chi connectivity index (χ4n) is 1.06. The number of aromatic nitrogens is 1. The molecule has 0 aliphatic rings. The van der Waals surface area contributed by atoms with E-state index in [2.05, 4.69) is 27.4 Å². The molecule has 0 unspecified atom stereocenters. The third-order valence-electron chi connectivity index (χ3n) is 1.78. The summed E-state index contributed by atoms with van der Waals surface area (Å²) in [4.78, 5) is 3.15. The summed E-state index contributed by atoms with van der Waals surface area (Å²) in [7, 11) is -3.60. The molecule has 1 aromatic carbocycles. The normalized spacial score (nSPS) is 10.6. The van der Waals surface area contributed by atoms with Gasteiger partial charge in [0.1, 0.15) is 0 Å². The Kier molecular flexibility index (Phi) is 4.36. The van der Waals surface area contributed by atoms with Crippen LogP contribution in [0.1, 0.15) is 0 Å². The van der Waals surface area contributed by atoms with Gasteiger partial charge in [0.15, 0.2) is 6.20 Å². The quantitative estimate of drug-likeness (QED) is 0.545. The van der Waals surface area contributed by atoms with Crippen molar-refractivity contribution >= 4 is 21.3 Å². The van der Waals surface area contributed by atoms with E-state index in [4.69, 9.17) is 0 Å². The molecule has 0 saturated heterocycles. The fraction of sp³-hybridized carbons (Fsp3) is 0.100. The topological polar surface area (TPSA) is 80.6 Å². The van der Waals surface area contributed by atoms with Gasteiger partial charge in [-0.15, -0.1) is 0 Å². The summed E-state index contributed by atoms with van der Waals surface area (Å²) in [6, 6.07) is 12.3. The molecular weight excluding hydrogens is 230 g/mol. The highest BCUT2D eigenvalue weighted by Crippen LogP contribution is 2.04. The molecule has 1 aromatic heterocycles. The average molecular weight is 241 g/mol. The number of rotatable bonds is 1. The Hall–Kier alpha value is -1.50. The lowest BCUT2D eigenvalue weighted by atomic mass is 10.2. The van der Waals surface area contributed by atoms with Gasteiger partial charge >= 0.3 is 0 Å². The number of para-hydroxylation sites is 1. The second kappa shape index (κ2) is 5.55. The Morgan fingerprint density at radius 1 is 1.19 bits per heavy atom. The van der Waals surface area contributed by atoms with E-state index in [0.717, 1.165) is 7.11 Å². The molecule has 5 nitrogen and oxygen atoms in total. The minimum absolute atomic E-state index is 0.808. The van der Waals surface area contributed by atoms with E-state index in [1.807, 2.05) is 24.4 Å². The number of hydrogen-bond acceptors (Lipinski definition) is 4. The smallest absolute Gasteiger partial charge is 0.217 e. The number of benzene rings is 1. The molecule has 2 rings (SSSR count). The Morgan fingerprint density at radius 2 is 1.75 bits per heavy atom. The van der Waals surface area contributed by atoms with Crippen molar-refractivity contribution in [3.63, 3.8) is 0 Å². The van der Waals surface area contributed by atoms with Crippen LogP contribution < -0.4 is 4.98 Å². The van der Waals surface area contributed by atoms with Gasteiger partial charge in [-0.1, -0.05) is 12.1 Å². The first-order chi connectivity index (χ1) is 7.53. The number of H-pyrrole nitrogens is 1. The molecule has 0 spiro atoms. The van der Waals surface area contributed by atoms with Gasteiger partial charge in [0, 0.05) is 17.5 Å². The van der Waals surface area contributed by atoms with E-state index < -0.39 is 10.4 Å². The van der Waals surface area contributed by atoms with Gasteiger partial charge in [0.05, 0.1) is 7.11 Å². The second-order valence-electron chi connectivity index (χ2n) is 2.83. The third kappa shape index (κ3) is 4.35. The van der Waals surface area contributed by atoms with Gasteiger partial charge in [0.2, 0.25) is 15.9 Å². The van der Waals surface area contributed by atoms with Crippen molar-refractivity contribution in [2.75, 3.05) is 7.11 Å². The Balaban J connectivity index is 0.000000187. The van der Waals surface area contributed by atoms with Crippen LogP contribution >= 0.6 is 0 Å². The highest BCUT2D eigenvalue weighted by atomic mass is 32.3. The van der Waals surface area contributed by atoms with Gasteiger partial charge in [-0.05, 0) is 12.1 Å². The first-order valence-corrected chi connectivity index (χ1v) is 5.73. The predicted molar refractivity (Wildman–Crippen MR) is 57.2 cm³/mol. The molecule has 0 aliphatic carbocycles. The van der Waals surface area contributed by atoms with Crippen molar-refractivity contribution in [3.05, 3.63) is 42.6 Å². The lowest BCUT2D eigenvalue weighted by Crippen LogP contribution is -1.99. The molecular formula is C10H11NO4S.